The Morgan fingerprint density at radius 3 is 2.44 bits per heavy atom. The zero-order valence-electron chi connectivity index (χ0n) is 5.13. The smallest absolute Gasteiger partial charge is 0.307 e. The van der Waals surface area contributed by atoms with Crippen LogP contribution in [0.4, 0.5) is 0 Å². The fourth-order valence-electron chi connectivity index (χ4n) is 0.326. The van der Waals surface area contributed by atoms with E-state index in [9.17, 15) is 9.59 Å². The maximum atomic E-state index is 10.1. The lowest BCUT2D eigenvalue weighted by Crippen LogP contribution is -1.90. The molecule has 50 valence electrons. The zero-order valence-corrected chi connectivity index (χ0v) is 5.13. The van der Waals surface area contributed by atoms with Gasteiger partial charge < -0.3 is 5.11 Å². The van der Waals surface area contributed by atoms with E-state index < -0.39 is 5.97 Å². The fraction of sp³-hybridized carbons (Fsp3) is 0.333. The van der Waals surface area contributed by atoms with E-state index in [0.29, 0.717) is 0 Å². The van der Waals surface area contributed by atoms with E-state index in [1.807, 2.05) is 0 Å². The van der Waals surface area contributed by atoms with Gasteiger partial charge in [0.1, 0.15) is 0 Å². The minimum absolute atomic E-state index is 0.0837. The summed E-state index contributed by atoms with van der Waals surface area (Å²) in [6.07, 6.45) is 2.48. The van der Waals surface area contributed by atoms with Gasteiger partial charge in [-0.2, -0.15) is 0 Å². The van der Waals surface area contributed by atoms with Crippen molar-refractivity contribution in [3.63, 3.8) is 0 Å². The molecule has 1 N–H and O–H groups in total. The molecule has 0 aromatic carbocycles. The van der Waals surface area contributed by atoms with Crippen LogP contribution in [0.25, 0.3) is 0 Å². The Balaban J connectivity index is 3.48. The van der Waals surface area contributed by atoms with Crippen molar-refractivity contribution in [3.8, 4) is 0 Å². The molecule has 0 aromatic heterocycles. The van der Waals surface area contributed by atoms with Crippen LogP contribution in [0, 0.1) is 0 Å². The first-order chi connectivity index (χ1) is 4.13. The number of allylic oxidation sites excluding steroid dienone is 1. The van der Waals surface area contributed by atoms with Gasteiger partial charge in [-0.3, -0.25) is 9.59 Å². The van der Waals surface area contributed by atoms with E-state index >= 15 is 0 Å². The minimum atomic E-state index is -0.924. The van der Waals surface area contributed by atoms with Crippen LogP contribution in [-0.2, 0) is 9.59 Å². The van der Waals surface area contributed by atoms with Gasteiger partial charge in [0.2, 0.25) is 0 Å². The predicted molar refractivity (Wildman–Crippen MR) is 32.1 cm³/mol. The molecule has 9 heavy (non-hydrogen) atoms. The number of carbonyl (C=O) groups is 2. The highest BCUT2D eigenvalue weighted by atomic mass is 16.4. The van der Waals surface area contributed by atoms with Crippen molar-refractivity contribution < 1.29 is 14.7 Å². The Hall–Kier alpha value is -1.12. The van der Waals surface area contributed by atoms with E-state index in [1.165, 1.54) is 19.1 Å². The molecule has 0 bridgehead atoms. The number of hydrogen-bond donors (Lipinski definition) is 1. The van der Waals surface area contributed by atoms with Gasteiger partial charge in [0.05, 0.1) is 6.42 Å². The highest BCUT2D eigenvalue weighted by Crippen LogP contribution is 1.82. The second-order valence-electron chi connectivity index (χ2n) is 1.61. The third-order valence-electron chi connectivity index (χ3n) is 0.645. The predicted octanol–water partition coefficient (Wildman–Crippen LogP) is 0.606. The lowest BCUT2D eigenvalue weighted by atomic mass is 10.3. The summed E-state index contributed by atoms with van der Waals surface area (Å²) in [6, 6.07) is 0. The van der Waals surface area contributed by atoms with Gasteiger partial charge in [0.25, 0.3) is 0 Å². The van der Waals surface area contributed by atoms with Crippen molar-refractivity contribution in [1.82, 2.24) is 0 Å². The first-order valence-corrected chi connectivity index (χ1v) is 2.52. The molecule has 0 spiro atoms. The van der Waals surface area contributed by atoms with Crippen LogP contribution in [0.15, 0.2) is 12.2 Å². The average Bonchev–Trinajstić information content (AvgIpc) is 1.63. The Bertz CT molecular complexity index is 146. The van der Waals surface area contributed by atoms with Crippen molar-refractivity contribution in [2.45, 2.75) is 13.3 Å². The molecule has 0 aromatic rings. The van der Waals surface area contributed by atoms with E-state index in [1.54, 1.807) is 0 Å². The summed E-state index contributed by atoms with van der Waals surface area (Å²) in [5, 5.41) is 8.06. The highest BCUT2D eigenvalue weighted by molar-refractivity contribution is 5.87. The lowest BCUT2D eigenvalue weighted by molar-refractivity contribution is -0.135. The maximum Gasteiger partial charge on any atom is 0.307 e. The number of aliphatic carboxylic acids is 1. The maximum absolute atomic E-state index is 10.1. The molecule has 3 nitrogen and oxygen atoms in total. The summed E-state index contributed by atoms with van der Waals surface area (Å²) in [5.74, 6) is -1.05. The van der Waals surface area contributed by atoms with Crippen LogP contribution >= 0.6 is 0 Å². The van der Waals surface area contributed by atoms with Crippen molar-refractivity contribution in [3.05, 3.63) is 12.2 Å². The molecule has 0 unspecified atom stereocenters. The third kappa shape index (κ3) is 6.88. The summed E-state index contributed by atoms with van der Waals surface area (Å²) in [6.45, 7) is 1.37. The quantitative estimate of drug-likeness (QED) is 0.566. The monoisotopic (exact) mass is 128 g/mol. The average molecular weight is 128 g/mol. The van der Waals surface area contributed by atoms with Gasteiger partial charge in [-0.05, 0) is 13.0 Å². The largest absolute Gasteiger partial charge is 0.481 e. The van der Waals surface area contributed by atoms with Crippen LogP contribution < -0.4 is 0 Å². The molecule has 0 amide bonds. The molecule has 0 radical (unpaired) electrons. The molecule has 0 rings (SSSR count). The number of carbonyl (C=O) groups excluding carboxylic acids is 1. The first kappa shape index (κ1) is 7.88. The molecule has 0 fully saturated rings. The summed E-state index contributed by atoms with van der Waals surface area (Å²) in [7, 11) is 0. The van der Waals surface area contributed by atoms with Crippen molar-refractivity contribution >= 4 is 11.8 Å². The number of hydrogen-bond acceptors (Lipinski definition) is 2. The van der Waals surface area contributed by atoms with Crippen LogP contribution in [0.3, 0.4) is 0 Å². The lowest BCUT2D eigenvalue weighted by Gasteiger charge is -1.80. The molecule has 0 heterocycles. The molecule has 0 saturated carbocycles. The SMILES string of the molecule is CC(=O)C=CCC(=O)O. The Morgan fingerprint density at radius 2 is 2.11 bits per heavy atom. The van der Waals surface area contributed by atoms with Gasteiger partial charge in [-0.15, -0.1) is 0 Å². The number of ketones is 1. The number of rotatable bonds is 3. The van der Waals surface area contributed by atoms with E-state index in [4.69, 9.17) is 5.11 Å². The van der Waals surface area contributed by atoms with Crippen molar-refractivity contribution in [2.24, 2.45) is 0 Å². The zero-order chi connectivity index (χ0) is 7.28. The number of carboxylic acids is 1. The van der Waals surface area contributed by atoms with Gasteiger partial charge in [0.15, 0.2) is 5.78 Å². The number of carboxylic acid groups (broad SMARTS) is 1. The Morgan fingerprint density at radius 1 is 1.56 bits per heavy atom. The van der Waals surface area contributed by atoms with E-state index in [-0.39, 0.29) is 12.2 Å². The van der Waals surface area contributed by atoms with Crippen molar-refractivity contribution in [1.29, 1.82) is 0 Å². The van der Waals surface area contributed by atoms with E-state index in [2.05, 4.69) is 0 Å². The first-order valence-electron chi connectivity index (χ1n) is 2.52. The second kappa shape index (κ2) is 3.83. The summed E-state index contributed by atoms with van der Waals surface area (Å²) < 4.78 is 0. The minimum Gasteiger partial charge on any atom is -0.481 e. The molecule has 3 heteroatoms. The Kier molecular flexibility index (Phi) is 3.35. The van der Waals surface area contributed by atoms with Crippen LogP contribution in [0.2, 0.25) is 0 Å². The molecular formula is C6H8O3. The van der Waals surface area contributed by atoms with Crippen LogP contribution in [-0.4, -0.2) is 16.9 Å². The van der Waals surface area contributed by atoms with Crippen LogP contribution in [0.5, 0.6) is 0 Å². The van der Waals surface area contributed by atoms with Gasteiger partial charge >= 0.3 is 5.97 Å². The summed E-state index contributed by atoms with van der Waals surface area (Å²) >= 11 is 0. The molecule has 0 aliphatic heterocycles. The molecule has 0 atom stereocenters. The standard InChI is InChI=1S/C6H8O3/c1-5(7)3-2-4-6(8)9/h2-3H,4H2,1H3,(H,8,9). The molecule has 0 aliphatic rings. The fourth-order valence-corrected chi connectivity index (χ4v) is 0.326. The van der Waals surface area contributed by atoms with Crippen LogP contribution in [0.1, 0.15) is 13.3 Å². The topological polar surface area (TPSA) is 54.4 Å². The molecule has 0 aliphatic carbocycles. The Labute approximate surface area is 53.0 Å². The van der Waals surface area contributed by atoms with Crippen molar-refractivity contribution in [2.75, 3.05) is 0 Å². The summed E-state index contributed by atoms with van der Waals surface area (Å²) in [5.41, 5.74) is 0. The summed E-state index contributed by atoms with van der Waals surface area (Å²) in [4.78, 5) is 20.0. The van der Waals surface area contributed by atoms with Gasteiger partial charge in [0, 0.05) is 0 Å². The van der Waals surface area contributed by atoms with Gasteiger partial charge in [-0.25, -0.2) is 0 Å². The van der Waals surface area contributed by atoms with E-state index in [0.717, 1.165) is 0 Å². The normalized spacial score (nSPS) is 9.89. The molecule has 0 saturated heterocycles. The highest BCUT2D eigenvalue weighted by Gasteiger charge is 1.89. The van der Waals surface area contributed by atoms with Gasteiger partial charge in [-0.1, -0.05) is 6.08 Å². The second-order valence-corrected chi connectivity index (χ2v) is 1.61. The third-order valence-corrected chi connectivity index (χ3v) is 0.645. The molecular weight excluding hydrogens is 120 g/mol.